The number of sulfone groups is 1. The van der Waals surface area contributed by atoms with Gasteiger partial charge in [0.25, 0.3) is 0 Å². The van der Waals surface area contributed by atoms with Crippen LogP contribution in [-0.2, 0) is 20.4 Å². The van der Waals surface area contributed by atoms with E-state index in [9.17, 15) is 13.2 Å². The first-order valence-corrected chi connectivity index (χ1v) is 7.65. The number of aliphatic carboxylic acids is 1. The second kappa shape index (κ2) is 6.20. The highest BCUT2D eigenvalue weighted by atomic mass is 35.5. The van der Waals surface area contributed by atoms with Gasteiger partial charge in [0.05, 0.1) is 5.75 Å². The standard InChI is InChI=1S/C12H15ClO4S/c1-2-5-11(12(14)15)18(16,17)8-9-6-3-4-7-10(9)13/h3-4,6-7,11H,2,5,8H2,1H3,(H,14,15). The second-order valence-corrected chi connectivity index (χ2v) is 6.60. The molecule has 1 atom stereocenters. The zero-order valence-electron chi connectivity index (χ0n) is 9.97. The van der Waals surface area contributed by atoms with Crippen LogP contribution in [0.25, 0.3) is 0 Å². The van der Waals surface area contributed by atoms with Crippen LogP contribution in [0.3, 0.4) is 0 Å². The van der Waals surface area contributed by atoms with E-state index in [1.165, 1.54) is 0 Å². The molecule has 0 heterocycles. The minimum Gasteiger partial charge on any atom is -0.480 e. The Morgan fingerprint density at radius 3 is 2.50 bits per heavy atom. The summed E-state index contributed by atoms with van der Waals surface area (Å²) in [5.74, 6) is -1.65. The summed E-state index contributed by atoms with van der Waals surface area (Å²) in [6.45, 7) is 1.75. The van der Waals surface area contributed by atoms with Crippen LogP contribution < -0.4 is 0 Å². The molecule has 0 aliphatic rings. The Morgan fingerprint density at radius 1 is 1.39 bits per heavy atom. The number of benzene rings is 1. The van der Waals surface area contributed by atoms with Gasteiger partial charge in [-0.05, 0) is 18.1 Å². The molecular weight excluding hydrogens is 276 g/mol. The Kier molecular flexibility index (Phi) is 5.16. The van der Waals surface area contributed by atoms with E-state index in [-0.39, 0.29) is 12.2 Å². The first-order valence-electron chi connectivity index (χ1n) is 5.56. The zero-order valence-corrected chi connectivity index (χ0v) is 11.5. The first-order chi connectivity index (χ1) is 8.38. The highest BCUT2D eigenvalue weighted by Crippen LogP contribution is 2.21. The Balaban J connectivity index is 3.00. The number of carbonyl (C=O) groups is 1. The van der Waals surface area contributed by atoms with Crippen molar-refractivity contribution in [1.82, 2.24) is 0 Å². The molecule has 1 aromatic carbocycles. The molecule has 0 spiro atoms. The lowest BCUT2D eigenvalue weighted by Crippen LogP contribution is -2.31. The Morgan fingerprint density at radius 2 is 2.00 bits per heavy atom. The highest BCUT2D eigenvalue weighted by molar-refractivity contribution is 7.92. The van der Waals surface area contributed by atoms with Crippen LogP contribution in [0.1, 0.15) is 25.3 Å². The summed E-state index contributed by atoms with van der Waals surface area (Å²) >= 11 is 5.88. The van der Waals surface area contributed by atoms with Gasteiger partial charge < -0.3 is 5.11 Å². The third-order valence-corrected chi connectivity index (χ3v) is 4.96. The van der Waals surface area contributed by atoms with Crippen LogP contribution in [0.2, 0.25) is 5.02 Å². The van der Waals surface area contributed by atoms with Gasteiger partial charge in [-0.2, -0.15) is 0 Å². The molecule has 0 bridgehead atoms. The molecule has 1 unspecified atom stereocenters. The van der Waals surface area contributed by atoms with Crippen LogP contribution in [0.15, 0.2) is 24.3 Å². The molecule has 1 N–H and O–H groups in total. The summed E-state index contributed by atoms with van der Waals surface area (Å²) < 4.78 is 24.1. The average molecular weight is 291 g/mol. The van der Waals surface area contributed by atoms with Crippen LogP contribution in [-0.4, -0.2) is 24.7 Å². The zero-order chi connectivity index (χ0) is 13.8. The Hall–Kier alpha value is -1.07. The fourth-order valence-electron chi connectivity index (χ4n) is 1.65. The lowest BCUT2D eigenvalue weighted by molar-refractivity contribution is -0.136. The lowest BCUT2D eigenvalue weighted by atomic mass is 10.2. The van der Waals surface area contributed by atoms with E-state index in [0.717, 1.165) is 0 Å². The quantitative estimate of drug-likeness (QED) is 0.874. The monoisotopic (exact) mass is 290 g/mol. The Bertz CT molecular complexity index is 525. The van der Waals surface area contributed by atoms with Gasteiger partial charge in [0.2, 0.25) is 0 Å². The number of halogens is 1. The van der Waals surface area contributed by atoms with Crippen molar-refractivity contribution in [2.75, 3.05) is 0 Å². The van der Waals surface area contributed by atoms with Gasteiger partial charge in [-0.15, -0.1) is 0 Å². The summed E-state index contributed by atoms with van der Waals surface area (Å²) in [5, 5.41) is 7.95. The molecule has 0 aliphatic carbocycles. The van der Waals surface area contributed by atoms with Crippen molar-refractivity contribution in [2.45, 2.75) is 30.8 Å². The smallest absolute Gasteiger partial charge is 0.321 e. The van der Waals surface area contributed by atoms with Gasteiger partial charge in [-0.25, -0.2) is 8.42 Å². The molecular formula is C12H15ClO4S. The minimum absolute atomic E-state index is 0.113. The highest BCUT2D eigenvalue weighted by Gasteiger charge is 2.31. The molecule has 4 nitrogen and oxygen atoms in total. The van der Waals surface area contributed by atoms with Crippen LogP contribution >= 0.6 is 11.6 Å². The lowest BCUT2D eigenvalue weighted by Gasteiger charge is -2.13. The maximum absolute atomic E-state index is 12.0. The topological polar surface area (TPSA) is 71.4 Å². The molecule has 0 fully saturated rings. The van der Waals surface area contributed by atoms with Gasteiger partial charge in [0, 0.05) is 5.02 Å². The summed E-state index contributed by atoms with van der Waals surface area (Å²) in [7, 11) is -3.74. The third-order valence-electron chi connectivity index (χ3n) is 2.57. The fourth-order valence-corrected chi connectivity index (χ4v) is 3.72. The minimum atomic E-state index is -3.74. The SMILES string of the molecule is CCCC(C(=O)O)S(=O)(=O)Cc1ccccc1Cl. The predicted octanol–water partition coefficient (Wildman–Crippen LogP) is 2.51. The van der Waals surface area contributed by atoms with Gasteiger partial charge in [-0.1, -0.05) is 43.1 Å². The van der Waals surface area contributed by atoms with Gasteiger partial charge in [-0.3, -0.25) is 4.79 Å². The van der Waals surface area contributed by atoms with Crippen LogP contribution in [0.5, 0.6) is 0 Å². The molecule has 0 aliphatic heterocycles. The normalized spacial score (nSPS) is 13.2. The molecule has 6 heteroatoms. The number of rotatable bonds is 6. The fraction of sp³-hybridized carbons (Fsp3) is 0.417. The Labute approximate surface area is 112 Å². The predicted molar refractivity (Wildman–Crippen MR) is 70.4 cm³/mol. The molecule has 0 saturated carbocycles. The van der Waals surface area contributed by atoms with Gasteiger partial charge in [0.15, 0.2) is 15.1 Å². The molecule has 1 aromatic rings. The molecule has 0 saturated heterocycles. The molecule has 0 aromatic heterocycles. The molecule has 0 radical (unpaired) electrons. The van der Waals surface area contributed by atoms with E-state index in [0.29, 0.717) is 17.0 Å². The van der Waals surface area contributed by atoms with Crippen molar-refractivity contribution >= 4 is 27.4 Å². The summed E-state index contributed by atoms with van der Waals surface area (Å²) in [5.41, 5.74) is 0.432. The van der Waals surface area contributed by atoms with E-state index in [2.05, 4.69) is 0 Å². The third kappa shape index (κ3) is 3.71. The van der Waals surface area contributed by atoms with E-state index < -0.39 is 21.1 Å². The number of hydrogen-bond acceptors (Lipinski definition) is 3. The molecule has 1 rings (SSSR count). The van der Waals surface area contributed by atoms with Crippen molar-refractivity contribution in [3.05, 3.63) is 34.9 Å². The average Bonchev–Trinajstić information content (AvgIpc) is 2.28. The van der Waals surface area contributed by atoms with Crippen molar-refractivity contribution in [3.63, 3.8) is 0 Å². The maximum atomic E-state index is 12.0. The molecule has 100 valence electrons. The van der Waals surface area contributed by atoms with Crippen molar-refractivity contribution in [3.8, 4) is 0 Å². The second-order valence-electron chi connectivity index (χ2n) is 4.01. The summed E-state index contributed by atoms with van der Waals surface area (Å²) in [6.07, 6.45) is 0.612. The van der Waals surface area contributed by atoms with Crippen molar-refractivity contribution in [1.29, 1.82) is 0 Å². The van der Waals surface area contributed by atoms with Crippen LogP contribution in [0, 0.1) is 0 Å². The van der Waals surface area contributed by atoms with Crippen molar-refractivity contribution in [2.24, 2.45) is 0 Å². The molecule has 18 heavy (non-hydrogen) atoms. The number of hydrogen-bond donors (Lipinski definition) is 1. The number of carboxylic acid groups (broad SMARTS) is 1. The van der Waals surface area contributed by atoms with Gasteiger partial charge in [0.1, 0.15) is 0 Å². The largest absolute Gasteiger partial charge is 0.480 e. The summed E-state index contributed by atoms with van der Waals surface area (Å²) in [4.78, 5) is 11.0. The number of carboxylic acids is 1. The van der Waals surface area contributed by atoms with E-state index in [1.807, 2.05) is 0 Å². The maximum Gasteiger partial charge on any atom is 0.321 e. The van der Waals surface area contributed by atoms with E-state index in [4.69, 9.17) is 16.7 Å². The van der Waals surface area contributed by atoms with Crippen molar-refractivity contribution < 1.29 is 18.3 Å². The van der Waals surface area contributed by atoms with Crippen LogP contribution in [0.4, 0.5) is 0 Å². The van der Waals surface area contributed by atoms with E-state index >= 15 is 0 Å². The molecule has 0 amide bonds. The van der Waals surface area contributed by atoms with Gasteiger partial charge >= 0.3 is 5.97 Å². The van der Waals surface area contributed by atoms with E-state index in [1.54, 1.807) is 31.2 Å². The first kappa shape index (κ1) is 15.0. The summed E-state index contributed by atoms with van der Waals surface area (Å²) in [6, 6.07) is 6.54.